The van der Waals surface area contributed by atoms with Crippen molar-refractivity contribution in [1.82, 2.24) is 4.90 Å². The minimum atomic E-state index is -0.313. The number of urea groups is 1. The van der Waals surface area contributed by atoms with E-state index in [9.17, 15) is 9.90 Å². The van der Waals surface area contributed by atoms with Crippen molar-refractivity contribution in [1.29, 1.82) is 0 Å². The summed E-state index contributed by atoms with van der Waals surface area (Å²) in [4.78, 5) is 17.3. The van der Waals surface area contributed by atoms with Gasteiger partial charge in [0.2, 0.25) is 0 Å². The topological polar surface area (TPSA) is 69.8 Å². The van der Waals surface area contributed by atoms with Gasteiger partial charge in [0, 0.05) is 24.8 Å². The van der Waals surface area contributed by atoms with E-state index in [2.05, 4.69) is 53.4 Å². The van der Waals surface area contributed by atoms with Crippen molar-refractivity contribution in [3.8, 4) is 0 Å². The predicted molar refractivity (Wildman–Crippen MR) is 127 cm³/mol. The number of para-hydroxylation sites is 1. The highest BCUT2D eigenvalue weighted by Gasteiger charge is 2.44. The van der Waals surface area contributed by atoms with E-state index in [0.717, 1.165) is 51.6 Å². The number of primary amides is 1. The average Bonchev–Trinajstić information content (AvgIpc) is 2.81. The molecule has 0 saturated heterocycles. The van der Waals surface area contributed by atoms with Crippen LogP contribution in [-0.2, 0) is 6.54 Å². The Balaban J connectivity index is 1.45. The fourth-order valence-corrected chi connectivity index (χ4v) is 6.64. The van der Waals surface area contributed by atoms with Gasteiger partial charge in [0.1, 0.15) is 0 Å². The number of nitrogens with two attached hydrogens (primary N) is 1. The standard InChI is InChI=1S/C27H35N3O2/c28-27(32)30(25-12-6-9-20-13-14-21(31)17-23(20)25)26-15-16-29(18-19-7-2-1-3-8-19)24-11-5-4-10-22(24)26/h1-5,7-8,10-11,20-21,23,25-26,31H,6,9,12-18H2,(H2,28,32). The van der Waals surface area contributed by atoms with E-state index >= 15 is 0 Å². The Bertz CT molecular complexity index is 934. The van der Waals surface area contributed by atoms with E-state index in [1.807, 2.05) is 11.0 Å². The van der Waals surface area contributed by atoms with Crippen LogP contribution in [0, 0.1) is 11.8 Å². The molecule has 2 saturated carbocycles. The summed E-state index contributed by atoms with van der Waals surface area (Å²) >= 11 is 0. The van der Waals surface area contributed by atoms with E-state index in [0.29, 0.717) is 11.8 Å². The van der Waals surface area contributed by atoms with Crippen LogP contribution < -0.4 is 10.6 Å². The first kappa shape index (κ1) is 21.3. The average molecular weight is 434 g/mol. The van der Waals surface area contributed by atoms with Crippen LogP contribution in [0.5, 0.6) is 0 Å². The lowest BCUT2D eigenvalue weighted by Crippen LogP contribution is -2.54. The first-order valence-electron chi connectivity index (χ1n) is 12.3. The minimum absolute atomic E-state index is 0.00135. The number of hydrogen-bond donors (Lipinski definition) is 2. The van der Waals surface area contributed by atoms with Crippen molar-refractivity contribution in [3.63, 3.8) is 0 Å². The largest absolute Gasteiger partial charge is 0.393 e. The van der Waals surface area contributed by atoms with E-state index in [1.54, 1.807) is 0 Å². The van der Waals surface area contributed by atoms with Crippen LogP contribution in [0.4, 0.5) is 10.5 Å². The molecule has 1 aliphatic heterocycles. The predicted octanol–water partition coefficient (Wildman–Crippen LogP) is 4.85. The lowest BCUT2D eigenvalue weighted by Gasteiger charge is -2.50. The molecule has 0 aromatic heterocycles. The number of fused-ring (bicyclic) bond motifs is 2. The van der Waals surface area contributed by atoms with E-state index < -0.39 is 0 Å². The summed E-state index contributed by atoms with van der Waals surface area (Å²) < 4.78 is 0. The Morgan fingerprint density at radius 1 is 1.00 bits per heavy atom. The molecule has 2 aliphatic carbocycles. The monoisotopic (exact) mass is 433 g/mol. The second kappa shape index (κ2) is 9.14. The summed E-state index contributed by atoms with van der Waals surface area (Å²) in [6, 6.07) is 18.9. The summed E-state index contributed by atoms with van der Waals surface area (Å²) in [7, 11) is 0. The molecule has 1 heterocycles. The molecule has 2 aromatic carbocycles. The van der Waals surface area contributed by atoms with Crippen LogP contribution in [0.15, 0.2) is 54.6 Å². The number of carbonyl (C=O) groups is 1. The summed E-state index contributed by atoms with van der Waals surface area (Å²) in [5.74, 6) is 0.960. The van der Waals surface area contributed by atoms with Crippen LogP contribution in [0.2, 0.25) is 0 Å². The zero-order valence-corrected chi connectivity index (χ0v) is 18.8. The third-order valence-electron chi connectivity index (χ3n) is 8.06. The maximum absolute atomic E-state index is 12.9. The maximum Gasteiger partial charge on any atom is 0.315 e. The Morgan fingerprint density at radius 2 is 1.78 bits per heavy atom. The molecule has 5 nitrogen and oxygen atoms in total. The summed E-state index contributed by atoms with van der Waals surface area (Å²) in [5, 5.41) is 10.4. The number of aliphatic hydroxyl groups excluding tert-OH is 1. The Morgan fingerprint density at radius 3 is 2.59 bits per heavy atom. The van der Waals surface area contributed by atoms with Crippen molar-refractivity contribution in [2.24, 2.45) is 17.6 Å². The third-order valence-corrected chi connectivity index (χ3v) is 8.06. The van der Waals surface area contributed by atoms with Gasteiger partial charge >= 0.3 is 6.03 Å². The Hall–Kier alpha value is -2.53. The lowest BCUT2D eigenvalue weighted by atomic mass is 9.67. The quantitative estimate of drug-likeness (QED) is 0.724. The Labute approximate surface area is 191 Å². The summed E-state index contributed by atoms with van der Waals surface area (Å²) in [5.41, 5.74) is 9.78. The molecule has 5 rings (SSSR count). The van der Waals surface area contributed by atoms with Gasteiger partial charge in [-0.05, 0) is 61.1 Å². The lowest BCUT2D eigenvalue weighted by molar-refractivity contribution is -0.00758. The van der Waals surface area contributed by atoms with Crippen LogP contribution >= 0.6 is 0 Å². The molecule has 0 spiro atoms. The van der Waals surface area contributed by atoms with Crippen molar-refractivity contribution < 1.29 is 9.90 Å². The Kier molecular flexibility index (Phi) is 6.09. The summed E-state index contributed by atoms with van der Waals surface area (Å²) in [6.07, 6.45) is 6.74. The molecular weight excluding hydrogens is 398 g/mol. The zero-order valence-electron chi connectivity index (χ0n) is 18.8. The molecule has 5 unspecified atom stereocenters. The number of rotatable bonds is 4. The molecule has 2 fully saturated rings. The fraction of sp³-hybridized carbons (Fsp3) is 0.519. The number of benzene rings is 2. The first-order valence-corrected chi connectivity index (χ1v) is 12.3. The van der Waals surface area contributed by atoms with Crippen molar-refractivity contribution in [3.05, 3.63) is 65.7 Å². The van der Waals surface area contributed by atoms with Gasteiger partial charge in [-0.1, -0.05) is 61.4 Å². The van der Waals surface area contributed by atoms with Crippen LogP contribution in [-0.4, -0.2) is 34.7 Å². The number of carbonyl (C=O) groups excluding carboxylic acids is 1. The van der Waals surface area contributed by atoms with E-state index in [4.69, 9.17) is 5.73 Å². The molecule has 170 valence electrons. The molecule has 5 heteroatoms. The molecule has 32 heavy (non-hydrogen) atoms. The highest BCUT2D eigenvalue weighted by Crippen LogP contribution is 2.47. The smallest absolute Gasteiger partial charge is 0.315 e. The van der Waals surface area contributed by atoms with Gasteiger partial charge in [-0.2, -0.15) is 0 Å². The third kappa shape index (κ3) is 4.11. The van der Waals surface area contributed by atoms with Gasteiger partial charge in [-0.3, -0.25) is 0 Å². The van der Waals surface area contributed by atoms with E-state index in [1.165, 1.54) is 23.2 Å². The zero-order chi connectivity index (χ0) is 22.1. The molecule has 0 radical (unpaired) electrons. The van der Waals surface area contributed by atoms with Gasteiger partial charge < -0.3 is 20.6 Å². The molecule has 3 N–H and O–H groups in total. The van der Waals surface area contributed by atoms with Gasteiger partial charge in [0.15, 0.2) is 0 Å². The van der Waals surface area contributed by atoms with Crippen molar-refractivity contribution in [2.75, 3.05) is 11.4 Å². The number of anilines is 1. The van der Waals surface area contributed by atoms with Gasteiger partial charge in [0.05, 0.1) is 12.1 Å². The molecule has 2 aromatic rings. The normalized spacial score (nSPS) is 29.7. The molecule has 3 aliphatic rings. The van der Waals surface area contributed by atoms with Crippen molar-refractivity contribution in [2.45, 2.75) is 69.7 Å². The van der Waals surface area contributed by atoms with Crippen molar-refractivity contribution >= 4 is 11.7 Å². The van der Waals surface area contributed by atoms with Gasteiger partial charge in [-0.25, -0.2) is 4.79 Å². The number of amides is 2. The summed E-state index contributed by atoms with van der Waals surface area (Å²) in [6.45, 7) is 1.76. The SMILES string of the molecule is NC(=O)N(C1CCN(Cc2ccccc2)c2ccccc21)C1CCCC2CCC(O)CC21. The number of aliphatic hydroxyl groups is 1. The number of nitrogens with zero attached hydrogens (tertiary/aromatic N) is 2. The van der Waals surface area contributed by atoms with E-state index in [-0.39, 0.29) is 24.2 Å². The molecule has 0 bridgehead atoms. The second-order valence-electron chi connectivity index (χ2n) is 9.91. The van der Waals surface area contributed by atoms with Crippen LogP contribution in [0.25, 0.3) is 0 Å². The fourth-order valence-electron chi connectivity index (χ4n) is 6.64. The highest BCUT2D eigenvalue weighted by molar-refractivity contribution is 5.74. The molecular formula is C27H35N3O2. The van der Waals surface area contributed by atoms with Gasteiger partial charge in [0.25, 0.3) is 0 Å². The molecule has 5 atom stereocenters. The maximum atomic E-state index is 12.9. The highest BCUT2D eigenvalue weighted by atomic mass is 16.3. The number of hydrogen-bond acceptors (Lipinski definition) is 3. The van der Waals surface area contributed by atoms with Gasteiger partial charge in [-0.15, -0.1) is 0 Å². The minimum Gasteiger partial charge on any atom is -0.393 e. The first-order chi connectivity index (χ1) is 15.6. The van der Waals surface area contributed by atoms with Crippen LogP contribution in [0.1, 0.15) is 62.1 Å². The second-order valence-corrected chi connectivity index (χ2v) is 9.91. The molecule has 2 amide bonds. The van der Waals surface area contributed by atoms with Crippen LogP contribution in [0.3, 0.4) is 0 Å².